The summed E-state index contributed by atoms with van der Waals surface area (Å²) in [4.78, 5) is 13.7. The Kier molecular flexibility index (Phi) is 3.32. The van der Waals surface area contributed by atoms with Crippen molar-refractivity contribution in [3.63, 3.8) is 0 Å². The van der Waals surface area contributed by atoms with E-state index in [4.69, 9.17) is 9.47 Å². The Hall–Kier alpha value is -1.97. The fraction of sp³-hybridized carbons (Fsp3) is 0.308. The molecule has 0 radical (unpaired) electrons. The summed E-state index contributed by atoms with van der Waals surface area (Å²) in [6.07, 6.45) is 1.69. The number of rotatable bonds is 3. The lowest BCUT2D eigenvalue weighted by molar-refractivity contribution is -0.134. The Bertz CT molecular complexity index is 450. The van der Waals surface area contributed by atoms with Crippen LogP contribution in [0.1, 0.15) is 13.8 Å². The Labute approximate surface area is 100 Å². The van der Waals surface area contributed by atoms with Crippen molar-refractivity contribution in [1.29, 1.82) is 0 Å². The highest BCUT2D eigenvalue weighted by Gasteiger charge is 2.24. The van der Waals surface area contributed by atoms with Gasteiger partial charge in [-0.15, -0.1) is 0 Å². The van der Waals surface area contributed by atoms with Crippen LogP contribution in [0.3, 0.4) is 0 Å². The van der Waals surface area contributed by atoms with E-state index in [0.29, 0.717) is 11.5 Å². The molecule has 0 N–H and O–H groups in total. The molecule has 4 nitrogen and oxygen atoms in total. The summed E-state index contributed by atoms with van der Waals surface area (Å²) in [5.74, 6) is 0.822. The lowest BCUT2D eigenvalue weighted by Crippen LogP contribution is -2.25. The zero-order valence-electron chi connectivity index (χ0n) is 9.97. The Morgan fingerprint density at radius 1 is 1.12 bits per heavy atom. The van der Waals surface area contributed by atoms with Gasteiger partial charge in [0.25, 0.3) is 0 Å². The minimum atomic E-state index is -0.449. The van der Waals surface area contributed by atoms with Crippen molar-refractivity contribution in [2.45, 2.75) is 13.8 Å². The van der Waals surface area contributed by atoms with E-state index >= 15 is 0 Å². The molecule has 0 atom stereocenters. The highest BCUT2D eigenvalue weighted by atomic mass is 16.6. The van der Waals surface area contributed by atoms with Crippen LogP contribution in [0.4, 0.5) is 0 Å². The van der Waals surface area contributed by atoms with Gasteiger partial charge in [0, 0.05) is 13.1 Å². The molecule has 90 valence electrons. The Morgan fingerprint density at radius 3 is 2.29 bits per heavy atom. The molecule has 17 heavy (non-hydrogen) atoms. The minimum absolute atomic E-state index is 0.229. The summed E-state index contributed by atoms with van der Waals surface area (Å²) in [7, 11) is 0. The normalized spacial score (nSPS) is 16.1. The number of hydrogen-bond donors (Lipinski definition) is 0. The zero-order chi connectivity index (χ0) is 12.3. The molecule has 0 saturated carbocycles. The van der Waals surface area contributed by atoms with E-state index in [1.54, 1.807) is 24.4 Å². The number of para-hydroxylation sites is 2. The van der Waals surface area contributed by atoms with E-state index in [9.17, 15) is 4.79 Å². The molecule has 2 rings (SSSR count). The molecule has 0 aromatic heterocycles. The van der Waals surface area contributed by atoms with Crippen LogP contribution < -0.4 is 9.47 Å². The van der Waals surface area contributed by atoms with Crippen molar-refractivity contribution < 1.29 is 14.3 Å². The van der Waals surface area contributed by atoms with Crippen LogP contribution in [-0.4, -0.2) is 24.0 Å². The lowest BCUT2D eigenvalue weighted by Gasteiger charge is -2.21. The number of nitrogens with zero attached hydrogens (tertiary/aromatic N) is 1. The fourth-order valence-corrected chi connectivity index (χ4v) is 1.58. The Balaban J connectivity index is 2.26. The molecular formula is C13H15NO3. The SMILES string of the molecule is CCN(/C=C1\Oc2ccccc2OC1=O)CC. The third-order valence-electron chi connectivity index (χ3n) is 2.59. The molecule has 1 aliphatic heterocycles. The average molecular weight is 233 g/mol. The maximum Gasteiger partial charge on any atom is 0.381 e. The van der Waals surface area contributed by atoms with Crippen LogP contribution in [0.25, 0.3) is 0 Å². The van der Waals surface area contributed by atoms with Crippen molar-refractivity contribution in [1.82, 2.24) is 4.90 Å². The van der Waals surface area contributed by atoms with Gasteiger partial charge in [-0.25, -0.2) is 4.79 Å². The molecule has 1 aliphatic rings. The number of carbonyl (C=O) groups is 1. The molecule has 0 spiro atoms. The first-order valence-corrected chi connectivity index (χ1v) is 5.69. The number of ether oxygens (including phenoxy) is 2. The van der Waals surface area contributed by atoms with Gasteiger partial charge in [0.05, 0.1) is 6.20 Å². The predicted molar refractivity (Wildman–Crippen MR) is 63.7 cm³/mol. The molecule has 0 saturated heterocycles. The van der Waals surface area contributed by atoms with Gasteiger partial charge >= 0.3 is 5.97 Å². The number of hydrogen-bond acceptors (Lipinski definition) is 4. The largest absolute Gasteiger partial charge is 0.444 e. The summed E-state index contributed by atoms with van der Waals surface area (Å²) in [6.45, 7) is 5.67. The molecule has 0 fully saturated rings. The molecule has 0 amide bonds. The summed E-state index contributed by atoms with van der Waals surface area (Å²) < 4.78 is 10.7. The second kappa shape index (κ2) is 4.91. The van der Waals surface area contributed by atoms with Gasteiger partial charge in [-0.3, -0.25) is 0 Å². The van der Waals surface area contributed by atoms with Crippen molar-refractivity contribution in [2.24, 2.45) is 0 Å². The van der Waals surface area contributed by atoms with E-state index in [1.807, 2.05) is 24.8 Å². The minimum Gasteiger partial charge on any atom is -0.444 e. The first kappa shape index (κ1) is 11.5. The van der Waals surface area contributed by atoms with Crippen molar-refractivity contribution in [2.75, 3.05) is 13.1 Å². The number of esters is 1. The van der Waals surface area contributed by atoms with Crippen LogP contribution >= 0.6 is 0 Å². The summed E-state index contributed by atoms with van der Waals surface area (Å²) in [5, 5.41) is 0. The average Bonchev–Trinajstić information content (AvgIpc) is 2.36. The van der Waals surface area contributed by atoms with Gasteiger partial charge in [-0.1, -0.05) is 12.1 Å². The smallest absolute Gasteiger partial charge is 0.381 e. The summed E-state index contributed by atoms with van der Waals surface area (Å²) in [6, 6.07) is 7.13. The quantitative estimate of drug-likeness (QED) is 0.455. The van der Waals surface area contributed by atoms with Crippen LogP contribution in [0.2, 0.25) is 0 Å². The highest BCUT2D eigenvalue weighted by molar-refractivity contribution is 5.90. The number of carbonyl (C=O) groups excluding carboxylic acids is 1. The third-order valence-corrected chi connectivity index (χ3v) is 2.59. The van der Waals surface area contributed by atoms with E-state index < -0.39 is 5.97 Å². The van der Waals surface area contributed by atoms with Crippen LogP contribution in [0.15, 0.2) is 36.2 Å². The van der Waals surface area contributed by atoms with Crippen LogP contribution in [0, 0.1) is 0 Å². The molecule has 0 aliphatic carbocycles. The fourth-order valence-electron chi connectivity index (χ4n) is 1.58. The lowest BCUT2D eigenvalue weighted by atomic mass is 10.3. The van der Waals surface area contributed by atoms with Crippen LogP contribution in [-0.2, 0) is 4.79 Å². The van der Waals surface area contributed by atoms with Crippen molar-refractivity contribution in [3.8, 4) is 11.5 Å². The molecule has 1 heterocycles. The van der Waals surface area contributed by atoms with Gasteiger partial charge in [0.15, 0.2) is 11.5 Å². The molecule has 1 aromatic rings. The van der Waals surface area contributed by atoms with Crippen molar-refractivity contribution >= 4 is 5.97 Å². The van der Waals surface area contributed by atoms with Gasteiger partial charge in [0.1, 0.15) is 0 Å². The second-order valence-corrected chi connectivity index (χ2v) is 3.65. The van der Waals surface area contributed by atoms with Gasteiger partial charge < -0.3 is 14.4 Å². The zero-order valence-corrected chi connectivity index (χ0v) is 9.97. The maximum absolute atomic E-state index is 11.7. The summed E-state index contributed by atoms with van der Waals surface area (Å²) >= 11 is 0. The third kappa shape index (κ3) is 2.41. The second-order valence-electron chi connectivity index (χ2n) is 3.65. The van der Waals surface area contributed by atoms with E-state index in [0.717, 1.165) is 13.1 Å². The standard InChI is InChI=1S/C13H15NO3/c1-3-14(4-2)9-12-13(15)17-11-8-6-5-7-10(11)16-12/h5-9H,3-4H2,1-2H3/b12-9-. The molecule has 0 unspecified atom stereocenters. The number of fused-ring (bicyclic) bond motifs is 1. The molecule has 4 heteroatoms. The topological polar surface area (TPSA) is 38.8 Å². The van der Waals surface area contributed by atoms with E-state index in [2.05, 4.69) is 0 Å². The van der Waals surface area contributed by atoms with Crippen molar-refractivity contribution in [3.05, 3.63) is 36.2 Å². The first-order valence-electron chi connectivity index (χ1n) is 5.69. The first-order chi connectivity index (χ1) is 8.24. The molecule has 0 bridgehead atoms. The maximum atomic E-state index is 11.7. The monoisotopic (exact) mass is 233 g/mol. The van der Waals surface area contributed by atoms with E-state index in [-0.39, 0.29) is 5.76 Å². The highest BCUT2D eigenvalue weighted by Crippen LogP contribution is 2.32. The predicted octanol–water partition coefficient (Wildman–Crippen LogP) is 2.17. The number of benzene rings is 1. The van der Waals surface area contributed by atoms with E-state index in [1.165, 1.54) is 0 Å². The molecular weight excluding hydrogens is 218 g/mol. The molecule has 1 aromatic carbocycles. The summed E-state index contributed by atoms with van der Waals surface area (Å²) in [5.41, 5.74) is 0. The van der Waals surface area contributed by atoms with Gasteiger partial charge in [-0.05, 0) is 26.0 Å². The van der Waals surface area contributed by atoms with Gasteiger partial charge in [-0.2, -0.15) is 0 Å². The van der Waals surface area contributed by atoms with Crippen LogP contribution in [0.5, 0.6) is 11.5 Å². The van der Waals surface area contributed by atoms with Gasteiger partial charge in [0.2, 0.25) is 5.76 Å². The Morgan fingerprint density at radius 2 is 1.71 bits per heavy atom.